The number of fused-ring (bicyclic) bond motifs is 1. The molecule has 0 aliphatic heterocycles. The minimum Gasteiger partial charge on any atom is -0.464 e. The average molecular weight is 200 g/mol. The zero-order chi connectivity index (χ0) is 11.0. The van der Waals surface area contributed by atoms with E-state index in [0.717, 1.165) is 9.95 Å². The van der Waals surface area contributed by atoms with Gasteiger partial charge in [-0.25, -0.2) is 9.36 Å². The van der Waals surface area contributed by atoms with E-state index in [2.05, 4.69) is 0 Å². The Kier molecular flexibility index (Phi) is 1.94. The first-order valence-corrected chi connectivity index (χ1v) is 4.39. The van der Waals surface area contributed by atoms with E-state index in [1.54, 1.807) is 31.2 Å². The number of hydrogen-bond donors (Lipinski definition) is 1. The first kappa shape index (κ1) is 9.28. The SMILES string of the molecule is Cc1cc2cccc(C#N)c2n1C(=O)O. The van der Waals surface area contributed by atoms with E-state index in [1.165, 1.54) is 0 Å². The topological polar surface area (TPSA) is 66.0 Å². The first-order chi connectivity index (χ1) is 7.15. The van der Waals surface area contributed by atoms with E-state index in [0.29, 0.717) is 16.8 Å². The fourth-order valence-corrected chi connectivity index (χ4v) is 1.73. The minimum absolute atomic E-state index is 0.378. The van der Waals surface area contributed by atoms with Crippen molar-refractivity contribution in [2.75, 3.05) is 0 Å². The van der Waals surface area contributed by atoms with Gasteiger partial charge >= 0.3 is 6.09 Å². The molecular formula is C11H8N2O2. The van der Waals surface area contributed by atoms with Gasteiger partial charge in [0.2, 0.25) is 0 Å². The molecule has 4 nitrogen and oxygen atoms in total. The molecular weight excluding hydrogens is 192 g/mol. The van der Waals surface area contributed by atoms with Crippen molar-refractivity contribution in [1.82, 2.24) is 4.57 Å². The maximum Gasteiger partial charge on any atom is 0.416 e. The summed E-state index contributed by atoms with van der Waals surface area (Å²) >= 11 is 0. The van der Waals surface area contributed by atoms with Crippen LogP contribution >= 0.6 is 0 Å². The van der Waals surface area contributed by atoms with Gasteiger partial charge < -0.3 is 5.11 Å². The number of nitriles is 1. The summed E-state index contributed by atoms with van der Waals surface area (Å²) in [5.74, 6) is 0. The molecule has 0 fully saturated rings. The summed E-state index contributed by atoms with van der Waals surface area (Å²) in [5.41, 5.74) is 1.45. The monoisotopic (exact) mass is 200 g/mol. The van der Waals surface area contributed by atoms with Gasteiger partial charge in [-0.2, -0.15) is 5.26 Å². The summed E-state index contributed by atoms with van der Waals surface area (Å²) in [6.07, 6.45) is -1.06. The molecule has 0 bridgehead atoms. The average Bonchev–Trinajstić information content (AvgIpc) is 2.53. The van der Waals surface area contributed by atoms with Crippen molar-refractivity contribution >= 4 is 17.0 Å². The number of hydrogen-bond acceptors (Lipinski definition) is 2. The van der Waals surface area contributed by atoms with Crippen LogP contribution in [0.15, 0.2) is 24.3 Å². The quantitative estimate of drug-likeness (QED) is 0.709. The molecule has 15 heavy (non-hydrogen) atoms. The predicted molar refractivity (Wildman–Crippen MR) is 54.8 cm³/mol. The lowest BCUT2D eigenvalue weighted by molar-refractivity contribution is 0.197. The summed E-state index contributed by atoms with van der Waals surface area (Å²) in [6, 6.07) is 8.90. The van der Waals surface area contributed by atoms with Crippen LogP contribution in [0, 0.1) is 18.3 Å². The lowest BCUT2D eigenvalue weighted by atomic mass is 10.1. The van der Waals surface area contributed by atoms with Gasteiger partial charge in [-0.15, -0.1) is 0 Å². The van der Waals surface area contributed by atoms with E-state index in [9.17, 15) is 4.79 Å². The molecule has 1 N–H and O–H groups in total. The molecule has 1 aromatic carbocycles. The molecule has 4 heteroatoms. The van der Waals surface area contributed by atoms with E-state index in [-0.39, 0.29) is 0 Å². The van der Waals surface area contributed by atoms with Crippen LogP contribution in [0.5, 0.6) is 0 Å². The van der Waals surface area contributed by atoms with Gasteiger partial charge in [0.15, 0.2) is 0 Å². The predicted octanol–water partition coefficient (Wildman–Crippen LogP) is 2.35. The second kappa shape index (κ2) is 3.14. The molecule has 2 aromatic rings. The fraction of sp³-hybridized carbons (Fsp3) is 0.0909. The zero-order valence-corrected chi connectivity index (χ0v) is 8.06. The highest BCUT2D eigenvalue weighted by molar-refractivity contribution is 5.93. The van der Waals surface area contributed by atoms with Crippen molar-refractivity contribution in [3.63, 3.8) is 0 Å². The fourth-order valence-electron chi connectivity index (χ4n) is 1.73. The molecule has 0 unspecified atom stereocenters. The summed E-state index contributed by atoms with van der Waals surface area (Å²) in [5, 5.41) is 18.7. The standard InChI is InChI=1S/C11H8N2O2/c1-7-5-8-3-2-4-9(6-12)10(8)13(7)11(14)15/h2-5H,1H3,(H,14,15). The Morgan fingerprint density at radius 2 is 2.27 bits per heavy atom. The number of nitrogens with zero attached hydrogens (tertiary/aromatic N) is 2. The van der Waals surface area contributed by atoms with Crippen LogP contribution in [0.1, 0.15) is 11.3 Å². The van der Waals surface area contributed by atoms with Gasteiger partial charge in [-0.1, -0.05) is 12.1 Å². The Morgan fingerprint density at radius 3 is 2.87 bits per heavy atom. The minimum atomic E-state index is -1.06. The highest BCUT2D eigenvalue weighted by Gasteiger charge is 2.13. The lowest BCUT2D eigenvalue weighted by Gasteiger charge is -2.01. The van der Waals surface area contributed by atoms with Gasteiger partial charge in [0, 0.05) is 11.1 Å². The van der Waals surface area contributed by atoms with Gasteiger partial charge in [0.25, 0.3) is 0 Å². The maximum atomic E-state index is 11.0. The van der Waals surface area contributed by atoms with Crippen LogP contribution in [0.2, 0.25) is 0 Å². The number of rotatable bonds is 0. The van der Waals surface area contributed by atoms with Gasteiger partial charge in [0.05, 0.1) is 11.1 Å². The third-order valence-electron chi connectivity index (χ3n) is 2.32. The second-order valence-corrected chi connectivity index (χ2v) is 3.26. The summed E-state index contributed by atoms with van der Waals surface area (Å²) in [7, 11) is 0. The molecule has 2 rings (SSSR count). The normalized spacial score (nSPS) is 10.1. The lowest BCUT2D eigenvalue weighted by Crippen LogP contribution is -2.09. The second-order valence-electron chi connectivity index (χ2n) is 3.26. The molecule has 74 valence electrons. The van der Waals surface area contributed by atoms with Crippen molar-refractivity contribution < 1.29 is 9.90 Å². The van der Waals surface area contributed by atoms with Crippen molar-refractivity contribution in [3.8, 4) is 6.07 Å². The largest absolute Gasteiger partial charge is 0.464 e. The molecule has 1 heterocycles. The molecule has 0 atom stereocenters. The number of para-hydroxylation sites is 1. The van der Waals surface area contributed by atoms with E-state index >= 15 is 0 Å². The number of carbonyl (C=O) groups is 1. The number of aryl methyl sites for hydroxylation is 1. The molecule has 1 aromatic heterocycles. The molecule has 0 radical (unpaired) electrons. The third kappa shape index (κ3) is 1.25. The summed E-state index contributed by atoms with van der Waals surface area (Å²) in [4.78, 5) is 11.0. The molecule has 0 aliphatic carbocycles. The maximum absolute atomic E-state index is 11.0. The molecule has 0 aliphatic rings. The first-order valence-electron chi connectivity index (χ1n) is 4.39. The molecule has 0 amide bonds. The Labute approximate surface area is 86.0 Å². The third-order valence-corrected chi connectivity index (χ3v) is 2.32. The Balaban J connectivity index is 2.97. The Morgan fingerprint density at radius 1 is 1.53 bits per heavy atom. The van der Waals surface area contributed by atoms with E-state index in [1.807, 2.05) is 6.07 Å². The van der Waals surface area contributed by atoms with Crippen molar-refractivity contribution in [3.05, 3.63) is 35.5 Å². The van der Waals surface area contributed by atoms with Gasteiger partial charge in [-0.05, 0) is 19.1 Å². The molecule has 0 saturated heterocycles. The Hall–Kier alpha value is -2.28. The van der Waals surface area contributed by atoms with Crippen LogP contribution < -0.4 is 0 Å². The van der Waals surface area contributed by atoms with Crippen molar-refractivity contribution in [2.24, 2.45) is 0 Å². The van der Waals surface area contributed by atoms with E-state index in [4.69, 9.17) is 10.4 Å². The number of carboxylic acid groups (broad SMARTS) is 1. The highest BCUT2D eigenvalue weighted by Crippen LogP contribution is 2.22. The van der Waals surface area contributed by atoms with Crippen molar-refractivity contribution in [2.45, 2.75) is 6.92 Å². The van der Waals surface area contributed by atoms with Crippen molar-refractivity contribution in [1.29, 1.82) is 5.26 Å². The summed E-state index contributed by atoms with van der Waals surface area (Å²) < 4.78 is 1.13. The van der Waals surface area contributed by atoms with E-state index < -0.39 is 6.09 Å². The van der Waals surface area contributed by atoms with Crippen LogP contribution in [0.4, 0.5) is 4.79 Å². The smallest absolute Gasteiger partial charge is 0.416 e. The molecule has 0 saturated carbocycles. The van der Waals surface area contributed by atoms with Crippen LogP contribution in [-0.4, -0.2) is 15.8 Å². The molecule has 0 spiro atoms. The highest BCUT2D eigenvalue weighted by atomic mass is 16.4. The van der Waals surface area contributed by atoms with Gasteiger partial charge in [-0.3, -0.25) is 0 Å². The summed E-state index contributed by atoms with van der Waals surface area (Å²) in [6.45, 7) is 1.70. The zero-order valence-electron chi connectivity index (χ0n) is 8.06. The Bertz CT molecular complexity index is 590. The van der Waals surface area contributed by atoms with Crippen LogP contribution in [-0.2, 0) is 0 Å². The number of aromatic nitrogens is 1. The number of benzene rings is 1. The van der Waals surface area contributed by atoms with Crippen LogP contribution in [0.25, 0.3) is 10.9 Å². The van der Waals surface area contributed by atoms with Gasteiger partial charge in [0.1, 0.15) is 6.07 Å². The van der Waals surface area contributed by atoms with Crippen LogP contribution in [0.3, 0.4) is 0 Å².